The van der Waals surface area contributed by atoms with Gasteiger partial charge in [0.15, 0.2) is 0 Å². The molecule has 0 N–H and O–H groups in total. The third-order valence-electron chi connectivity index (χ3n) is 2.96. The summed E-state index contributed by atoms with van der Waals surface area (Å²) >= 11 is 3.33. The van der Waals surface area contributed by atoms with Gasteiger partial charge in [0.2, 0.25) is 0 Å². The highest BCUT2D eigenvalue weighted by molar-refractivity contribution is 9.10. The summed E-state index contributed by atoms with van der Waals surface area (Å²) in [6, 6.07) is 10.3. The van der Waals surface area contributed by atoms with Gasteiger partial charge in [0, 0.05) is 11.5 Å². The molecule has 0 fully saturated rings. The van der Waals surface area contributed by atoms with Crippen molar-refractivity contribution in [1.82, 2.24) is 0 Å². The lowest BCUT2D eigenvalue weighted by molar-refractivity contribution is 0.594. The Kier molecular flexibility index (Phi) is 4.15. The van der Waals surface area contributed by atoms with Crippen LogP contribution in [0.2, 0.25) is 0 Å². The van der Waals surface area contributed by atoms with Gasteiger partial charge in [-0.3, -0.25) is 4.31 Å². The zero-order valence-electron chi connectivity index (χ0n) is 11.0. The molecule has 0 radical (unpaired) electrons. The van der Waals surface area contributed by atoms with Crippen LogP contribution >= 0.6 is 15.9 Å². The van der Waals surface area contributed by atoms with Crippen molar-refractivity contribution in [2.24, 2.45) is 0 Å². The van der Waals surface area contributed by atoms with Gasteiger partial charge >= 0.3 is 0 Å². The molecule has 2 aromatic carbocycles. The Balaban J connectivity index is 2.46. The molecule has 0 saturated heterocycles. The number of rotatable bonds is 3. The summed E-state index contributed by atoms with van der Waals surface area (Å²) in [7, 11) is -2.30. The highest BCUT2D eigenvalue weighted by Crippen LogP contribution is 2.25. The Morgan fingerprint density at radius 3 is 2.45 bits per heavy atom. The molecule has 0 unspecified atom stereocenters. The molecule has 0 aliphatic heterocycles. The number of benzene rings is 2. The molecule has 2 rings (SSSR count). The second-order valence-electron chi connectivity index (χ2n) is 4.36. The predicted molar refractivity (Wildman–Crippen MR) is 80.9 cm³/mol. The first-order chi connectivity index (χ1) is 9.32. The second kappa shape index (κ2) is 5.54. The Bertz CT molecular complexity index is 747. The molecule has 0 aliphatic rings. The van der Waals surface area contributed by atoms with E-state index in [4.69, 9.17) is 0 Å². The summed E-state index contributed by atoms with van der Waals surface area (Å²) in [5.74, 6) is -0.475. The van der Waals surface area contributed by atoms with Gasteiger partial charge < -0.3 is 0 Å². The molecule has 0 aromatic heterocycles. The molecular weight excluding hydrogens is 345 g/mol. The molecule has 2 aromatic rings. The van der Waals surface area contributed by atoms with Crippen LogP contribution in [0.1, 0.15) is 5.56 Å². The Morgan fingerprint density at radius 2 is 1.85 bits per heavy atom. The minimum atomic E-state index is -3.70. The maximum Gasteiger partial charge on any atom is 0.264 e. The van der Waals surface area contributed by atoms with Crippen molar-refractivity contribution < 1.29 is 12.8 Å². The van der Waals surface area contributed by atoms with Gasteiger partial charge in [0.25, 0.3) is 10.0 Å². The number of halogens is 2. The number of sulfonamides is 1. The number of hydrogen-bond acceptors (Lipinski definition) is 2. The van der Waals surface area contributed by atoms with Crippen LogP contribution in [0.5, 0.6) is 0 Å². The summed E-state index contributed by atoms with van der Waals surface area (Å²) < 4.78 is 40.1. The van der Waals surface area contributed by atoms with Crippen molar-refractivity contribution in [3.8, 4) is 0 Å². The van der Waals surface area contributed by atoms with E-state index in [9.17, 15) is 12.8 Å². The van der Waals surface area contributed by atoms with Gasteiger partial charge in [-0.05, 0) is 48.9 Å². The van der Waals surface area contributed by atoms with Crippen molar-refractivity contribution in [3.63, 3.8) is 0 Å². The van der Waals surface area contributed by atoms with E-state index in [2.05, 4.69) is 15.9 Å². The maximum absolute atomic E-state index is 13.2. The average molecular weight is 358 g/mol. The van der Waals surface area contributed by atoms with Crippen molar-refractivity contribution >= 4 is 31.6 Å². The first kappa shape index (κ1) is 15.0. The number of aryl methyl sites for hydroxylation is 1. The van der Waals surface area contributed by atoms with Crippen LogP contribution in [0, 0.1) is 12.7 Å². The zero-order chi connectivity index (χ0) is 14.9. The fourth-order valence-corrected chi connectivity index (χ4v) is 3.27. The van der Waals surface area contributed by atoms with Crippen molar-refractivity contribution in [3.05, 3.63) is 58.3 Å². The van der Waals surface area contributed by atoms with E-state index < -0.39 is 15.8 Å². The number of hydrogen-bond donors (Lipinski definition) is 0. The summed E-state index contributed by atoms with van der Waals surface area (Å²) in [4.78, 5) is 0.171. The number of anilines is 1. The van der Waals surface area contributed by atoms with Crippen LogP contribution in [0.4, 0.5) is 10.1 Å². The standard InChI is InChI=1S/C14H13BrFNO2S/c1-10-8-13(6-7-14(10)15)20(18,19)17(2)12-5-3-4-11(16)9-12/h3-9H,1-2H3. The van der Waals surface area contributed by atoms with E-state index in [-0.39, 0.29) is 10.6 Å². The SMILES string of the molecule is Cc1cc(S(=O)(=O)N(C)c2cccc(F)c2)ccc1Br. The van der Waals surface area contributed by atoms with E-state index in [1.165, 1.54) is 31.3 Å². The van der Waals surface area contributed by atoms with Crippen molar-refractivity contribution in [1.29, 1.82) is 0 Å². The molecule has 106 valence electrons. The van der Waals surface area contributed by atoms with Crippen LogP contribution in [-0.2, 0) is 10.0 Å². The normalized spacial score (nSPS) is 11.4. The minimum Gasteiger partial charge on any atom is -0.269 e. The monoisotopic (exact) mass is 357 g/mol. The molecular formula is C14H13BrFNO2S. The topological polar surface area (TPSA) is 37.4 Å². The molecule has 0 bridgehead atoms. The van der Waals surface area contributed by atoms with E-state index in [0.717, 1.165) is 14.3 Å². The fraction of sp³-hybridized carbons (Fsp3) is 0.143. The van der Waals surface area contributed by atoms with Crippen LogP contribution < -0.4 is 4.31 Å². The minimum absolute atomic E-state index is 0.171. The quantitative estimate of drug-likeness (QED) is 0.839. The van der Waals surface area contributed by atoms with Gasteiger partial charge in [-0.2, -0.15) is 0 Å². The third-order valence-corrected chi connectivity index (χ3v) is 5.63. The molecule has 0 aliphatic carbocycles. The average Bonchev–Trinajstić information content (AvgIpc) is 2.40. The smallest absolute Gasteiger partial charge is 0.264 e. The molecule has 3 nitrogen and oxygen atoms in total. The molecule has 20 heavy (non-hydrogen) atoms. The molecule has 0 saturated carbocycles. The first-order valence-corrected chi connectivity index (χ1v) is 8.06. The van der Waals surface area contributed by atoms with Gasteiger partial charge in [-0.25, -0.2) is 12.8 Å². The lowest BCUT2D eigenvalue weighted by atomic mass is 10.2. The largest absolute Gasteiger partial charge is 0.269 e. The van der Waals surface area contributed by atoms with Crippen LogP contribution in [0.25, 0.3) is 0 Å². The van der Waals surface area contributed by atoms with Gasteiger partial charge in [-0.15, -0.1) is 0 Å². The predicted octanol–water partition coefficient (Wildman–Crippen LogP) is 3.72. The first-order valence-electron chi connectivity index (χ1n) is 5.83. The van der Waals surface area contributed by atoms with E-state index in [1.54, 1.807) is 18.2 Å². The summed E-state index contributed by atoms with van der Waals surface area (Å²) in [5.41, 5.74) is 1.10. The summed E-state index contributed by atoms with van der Waals surface area (Å²) in [5, 5.41) is 0. The van der Waals surface area contributed by atoms with Gasteiger partial charge in [0.1, 0.15) is 5.82 Å². The van der Waals surface area contributed by atoms with E-state index in [1.807, 2.05) is 6.92 Å². The van der Waals surface area contributed by atoms with Crippen molar-refractivity contribution in [2.75, 3.05) is 11.4 Å². The lowest BCUT2D eigenvalue weighted by Gasteiger charge is -2.20. The Labute approximate surface area is 126 Å². The van der Waals surface area contributed by atoms with Crippen LogP contribution in [0.15, 0.2) is 51.8 Å². The van der Waals surface area contributed by atoms with Gasteiger partial charge in [-0.1, -0.05) is 22.0 Å². The van der Waals surface area contributed by atoms with Gasteiger partial charge in [0.05, 0.1) is 10.6 Å². The van der Waals surface area contributed by atoms with E-state index in [0.29, 0.717) is 0 Å². The molecule has 0 heterocycles. The molecule has 0 atom stereocenters. The van der Waals surface area contributed by atoms with Crippen molar-refractivity contribution in [2.45, 2.75) is 11.8 Å². The molecule has 0 spiro atoms. The summed E-state index contributed by atoms with van der Waals surface area (Å²) in [6.07, 6.45) is 0. The second-order valence-corrected chi connectivity index (χ2v) is 7.19. The van der Waals surface area contributed by atoms with E-state index >= 15 is 0 Å². The zero-order valence-corrected chi connectivity index (χ0v) is 13.4. The third kappa shape index (κ3) is 2.86. The maximum atomic E-state index is 13.2. The Morgan fingerprint density at radius 1 is 1.15 bits per heavy atom. The lowest BCUT2D eigenvalue weighted by Crippen LogP contribution is -2.26. The van der Waals surface area contributed by atoms with Crippen LogP contribution in [-0.4, -0.2) is 15.5 Å². The molecule has 0 amide bonds. The highest BCUT2D eigenvalue weighted by atomic mass is 79.9. The fourth-order valence-electron chi connectivity index (χ4n) is 1.75. The molecule has 6 heteroatoms. The summed E-state index contributed by atoms with van der Waals surface area (Å²) in [6.45, 7) is 1.81. The van der Waals surface area contributed by atoms with Crippen LogP contribution in [0.3, 0.4) is 0 Å². The highest BCUT2D eigenvalue weighted by Gasteiger charge is 2.22. The Hall–Kier alpha value is -1.40. The number of nitrogens with zero attached hydrogens (tertiary/aromatic N) is 1.